The first kappa shape index (κ1) is 34.1. The van der Waals surface area contributed by atoms with Crippen molar-refractivity contribution in [2.24, 2.45) is 0 Å². The molecule has 2 aromatic carbocycles. The fourth-order valence-electron chi connectivity index (χ4n) is 4.83. The third-order valence-electron chi connectivity index (χ3n) is 7.27. The topological polar surface area (TPSA) is 81.7 Å². The Hall–Kier alpha value is -3.15. The van der Waals surface area contributed by atoms with Gasteiger partial charge in [-0.05, 0) is 17.5 Å². The van der Waals surface area contributed by atoms with E-state index in [0.717, 1.165) is 24.0 Å². The summed E-state index contributed by atoms with van der Waals surface area (Å²) in [6.07, 6.45) is 18.4. The summed E-state index contributed by atoms with van der Waals surface area (Å²) in [5.41, 5.74) is 1.68. The van der Waals surface area contributed by atoms with Crippen molar-refractivity contribution in [3.63, 3.8) is 0 Å². The lowest BCUT2D eigenvalue weighted by molar-refractivity contribution is -0.161. The molecule has 0 aliphatic heterocycles. The summed E-state index contributed by atoms with van der Waals surface area (Å²) in [7, 11) is 0. The molecular formula is C35H51NO5. The molecule has 0 aliphatic carbocycles. The van der Waals surface area contributed by atoms with E-state index in [1.165, 1.54) is 77.0 Å². The fourth-order valence-corrected chi connectivity index (χ4v) is 4.83. The number of benzene rings is 2. The van der Waals surface area contributed by atoms with Crippen LogP contribution in [0.5, 0.6) is 0 Å². The van der Waals surface area contributed by atoms with Gasteiger partial charge in [0.2, 0.25) is 0 Å². The Balaban J connectivity index is 1.60. The summed E-state index contributed by atoms with van der Waals surface area (Å²) in [5.74, 6) is -1.32. The number of esters is 2. The number of unbranched alkanes of at least 4 members (excludes halogenated alkanes) is 14. The van der Waals surface area contributed by atoms with Crippen LogP contribution in [0.2, 0.25) is 0 Å². The molecule has 0 saturated heterocycles. The predicted molar refractivity (Wildman–Crippen MR) is 164 cm³/mol. The highest BCUT2D eigenvalue weighted by molar-refractivity contribution is 5.90. The average Bonchev–Trinajstić information content (AvgIpc) is 2.98. The van der Waals surface area contributed by atoms with Gasteiger partial charge in [-0.1, -0.05) is 157 Å². The second-order valence-electron chi connectivity index (χ2n) is 10.9. The second-order valence-corrected chi connectivity index (χ2v) is 10.9. The van der Waals surface area contributed by atoms with Crippen molar-refractivity contribution in [3.05, 3.63) is 71.8 Å². The fraction of sp³-hybridized carbons (Fsp3) is 0.571. The highest BCUT2D eigenvalue weighted by atomic mass is 16.6. The van der Waals surface area contributed by atoms with Gasteiger partial charge in [0.15, 0.2) is 0 Å². The van der Waals surface area contributed by atoms with Gasteiger partial charge in [-0.25, -0.2) is 9.59 Å². The van der Waals surface area contributed by atoms with Crippen molar-refractivity contribution < 1.29 is 23.9 Å². The molecule has 0 saturated carbocycles. The van der Waals surface area contributed by atoms with Crippen molar-refractivity contribution in [2.45, 2.75) is 129 Å². The summed E-state index contributed by atoms with van der Waals surface area (Å²) in [6, 6.07) is 17.6. The molecule has 226 valence electrons. The van der Waals surface area contributed by atoms with Gasteiger partial charge < -0.3 is 14.8 Å². The molecule has 0 unspecified atom stereocenters. The number of hydrogen-bond acceptors (Lipinski definition) is 5. The third-order valence-corrected chi connectivity index (χ3v) is 7.27. The van der Waals surface area contributed by atoms with Crippen LogP contribution in [-0.4, -0.2) is 24.1 Å². The van der Waals surface area contributed by atoms with Gasteiger partial charge in [-0.2, -0.15) is 0 Å². The standard InChI is InChI=1S/C35H51NO5/c1-2-3-4-5-6-7-8-9-10-11-12-13-14-15-22-27-33(37)41-34(38)32(28-30-23-18-16-19-24-30)36-35(39)40-29-31-25-20-17-21-26-31/h16-21,23-26,32H,2-15,22,27-29H2,1H3,(H,36,39)/t32-/m0/s1. The molecule has 1 N–H and O–H groups in total. The molecule has 6 heteroatoms. The predicted octanol–water partition coefficient (Wildman–Crippen LogP) is 8.86. The van der Waals surface area contributed by atoms with E-state index in [2.05, 4.69) is 12.2 Å². The molecule has 6 nitrogen and oxygen atoms in total. The Morgan fingerprint density at radius 2 is 1.10 bits per heavy atom. The van der Waals surface area contributed by atoms with Crippen molar-refractivity contribution in [2.75, 3.05) is 0 Å². The number of carbonyl (C=O) groups is 3. The van der Waals surface area contributed by atoms with E-state index >= 15 is 0 Å². The molecule has 41 heavy (non-hydrogen) atoms. The quantitative estimate of drug-likeness (QED) is 0.0876. The van der Waals surface area contributed by atoms with E-state index in [1.54, 1.807) is 0 Å². The van der Waals surface area contributed by atoms with E-state index < -0.39 is 24.1 Å². The van der Waals surface area contributed by atoms with E-state index in [0.29, 0.717) is 6.42 Å². The zero-order valence-corrected chi connectivity index (χ0v) is 25.1. The first-order valence-corrected chi connectivity index (χ1v) is 15.8. The SMILES string of the molecule is CCCCCCCCCCCCCCCCCC(=O)OC(=O)[C@H](Cc1ccccc1)NC(=O)OCc1ccccc1. The van der Waals surface area contributed by atoms with Gasteiger partial charge in [0, 0.05) is 12.8 Å². The second kappa shape index (κ2) is 22.5. The maximum Gasteiger partial charge on any atom is 0.408 e. The van der Waals surface area contributed by atoms with Crippen LogP contribution < -0.4 is 5.32 Å². The van der Waals surface area contributed by atoms with Crippen LogP contribution >= 0.6 is 0 Å². The third kappa shape index (κ3) is 17.3. The summed E-state index contributed by atoms with van der Waals surface area (Å²) in [4.78, 5) is 37.6. The van der Waals surface area contributed by atoms with Gasteiger partial charge in [-0.3, -0.25) is 4.79 Å². The molecular weight excluding hydrogens is 514 g/mol. The lowest BCUT2D eigenvalue weighted by Crippen LogP contribution is -2.44. The van der Waals surface area contributed by atoms with E-state index in [9.17, 15) is 14.4 Å². The number of carbonyl (C=O) groups excluding carboxylic acids is 3. The Morgan fingerprint density at radius 1 is 0.634 bits per heavy atom. The summed E-state index contributed by atoms with van der Waals surface area (Å²) in [5, 5.41) is 2.57. The molecule has 0 aliphatic rings. The number of rotatable bonds is 22. The average molecular weight is 566 g/mol. The lowest BCUT2D eigenvalue weighted by atomic mass is 10.0. The van der Waals surface area contributed by atoms with Crippen molar-refractivity contribution in [1.29, 1.82) is 0 Å². The molecule has 1 amide bonds. The molecule has 2 rings (SSSR count). The van der Waals surface area contributed by atoms with Crippen molar-refractivity contribution >= 4 is 18.0 Å². The number of ether oxygens (including phenoxy) is 2. The Morgan fingerprint density at radius 3 is 1.61 bits per heavy atom. The molecule has 0 bridgehead atoms. The van der Waals surface area contributed by atoms with Crippen LogP contribution in [0.15, 0.2) is 60.7 Å². The minimum Gasteiger partial charge on any atom is -0.445 e. The molecule has 0 aromatic heterocycles. The van der Waals surface area contributed by atoms with Gasteiger partial charge in [0.05, 0.1) is 0 Å². The Kier molecular flexibility index (Phi) is 18.7. The van der Waals surface area contributed by atoms with Crippen LogP contribution in [0.4, 0.5) is 4.79 Å². The van der Waals surface area contributed by atoms with Crippen LogP contribution in [0.1, 0.15) is 121 Å². The van der Waals surface area contributed by atoms with Gasteiger partial charge in [0.25, 0.3) is 0 Å². The van der Waals surface area contributed by atoms with Crippen LogP contribution in [0, 0.1) is 0 Å². The maximum absolute atomic E-state index is 12.8. The van der Waals surface area contributed by atoms with Crippen molar-refractivity contribution in [1.82, 2.24) is 5.32 Å². The van der Waals surface area contributed by atoms with Gasteiger partial charge in [-0.15, -0.1) is 0 Å². The van der Waals surface area contributed by atoms with Crippen LogP contribution in [-0.2, 0) is 32.1 Å². The number of nitrogens with one attached hydrogen (secondary N) is 1. The first-order chi connectivity index (χ1) is 20.1. The van der Waals surface area contributed by atoms with E-state index in [-0.39, 0.29) is 19.4 Å². The van der Waals surface area contributed by atoms with Crippen LogP contribution in [0.25, 0.3) is 0 Å². The van der Waals surface area contributed by atoms with E-state index in [1.807, 2.05) is 60.7 Å². The highest BCUT2D eigenvalue weighted by Crippen LogP contribution is 2.14. The first-order valence-electron chi connectivity index (χ1n) is 15.8. The van der Waals surface area contributed by atoms with E-state index in [4.69, 9.17) is 9.47 Å². The monoisotopic (exact) mass is 565 g/mol. The summed E-state index contributed by atoms with van der Waals surface area (Å²) >= 11 is 0. The van der Waals surface area contributed by atoms with Gasteiger partial charge in [0.1, 0.15) is 12.6 Å². The zero-order valence-electron chi connectivity index (χ0n) is 25.1. The minimum atomic E-state index is -1.02. The molecule has 2 aromatic rings. The summed E-state index contributed by atoms with van der Waals surface area (Å²) in [6.45, 7) is 2.34. The van der Waals surface area contributed by atoms with Crippen LogP contribution in [0.3, 0.4) is 0 Å². The zero-order chi connectivity index (χ0) is 29.4. The Labute approximate surface area is 247 Å². The number of hydrogen-bond donors (Lipinski definition) is 1. The molecule has 0 radical (unpaired) electrons. The minimum absolute atomic E-state index is 0.0813. The normalized spacial score (nSPS) is 11.5. The smallest absolute Gasteiger partial charge is 0.408 e. The molecule has 0 heterocycles. The number of amides is 1. The molecule has 0 spiro atoms. The largest absolute Gasteiger partial charge is 0.445 e. The molecule has 1 atom stereocenters. The molecule has 0 fully saturated rings. The van der Waals surface area contributed by atoms with Gasteiger partial charge >= 0.3 is 18.0 Å². The lowest BCUT2D eigenvalue weighted by Gasteiger charge is -2.17. The van der Waals surface area contributed by atoms with Crippen molar-refractivity contribution in [3.8, 4) is 0 Å². The summed E-state index contributed by atoms with van der Waals surface area (Å²) < 4.78 is 10.4. The highest BCUT2D eigenvalue weighted by Gasteiger charge is 2.25. The number of alkyl carbamates (subject to hydrolysis) is 1. The Bertz CT molecular complexity index is 963. The maximum atomic E-state index is 12.8.